The molecule has 0 aliphatic carbocycles. The van der Waals surface area contributed by atoms with E-state index in [0.717, 1.165) is 19.4 Å². The quantitative estimate of drug-likeness (QED) is 0.807. The van der Waals surface area contributed by atoms with Gasteiger partial charge in [0.1, 0.15) is 5.82 Å². The molecular formula is C17H25N3O4S. The van der Waals surface area contributed by atoms with Gasteiger partial charge in [-0.2, -0.15) is 0 Å². The Morgan fingerprint density at radius 1 is 1.40 bits per heavy atom. The van der Waals surface area contributed by atoms with Gasteiger partial charge < -0.3 is 15.0 Å². The Morgan fingerprint density at radius 3 is 2.80 bits per heavy atom. The highest BCUT2D eigenvalue weighted by Crippen LogP contribution is 2.22. The van der Waals surface area contributed by atoms with Gasteiger partial charge in [-0.05, 0) is 38.3 Å². The smallest absolute Gasteiger partial charge is 0.252 e. The summed E-state index contributed by atoms with van der Waals surface area (Å²) in [6, 6.07) is 3.48. The van der Waals surface area contributed by atoms with Crippen LogP contribution in [0.25, 0.3) is 0 Å². The minimum absolute atomic E-state index is 0.0401. The van der Waals surface area contributed by atoms with E-state index in [0.29, 0.717) is 30.9 Å². The number of hydrogen-bond donors (Lipinski definition) is 1. The van der Waals surface area contributed by atoms with Gasteiger partial charge in [0.25, 0.3) is 5.91 Å². The third-order valence-corrected chi connectivity index (χ3v) is 6.56. The SMILES string of the molecule is CCN(c1ccc(C(=O)NCC2CCCO2)cn1)C1CCS(=O)(=O)C1. The second-order valence-electron chi connectivity index (χ2n) is 6.59. The van der Waals surface area contributed by atoms with Crippen LogP contribution in [-0.4, -0.2) is 62.7 Å². The molecule has 2 aliphatic rings. The van der Waals surface area contributed by atoms with E-state index in [2.05, 4.69) is 10.3 Å². The molecule has 1 N–H and O–H groups in total. The maximum Gasteiger partial charge on any atom is 0.252 e. The van der Waals surface area contributed by atoms with Gasteiger partial charge in [-0.15, -0.1) is 0 Å². The number of nitrogens with zero attached hydrogens (tertiary/aromatic N) is 2. The molecule has 138 valence electrons. The van der Waals surface area contributed by atoms with Crippen molar-refractivity contribution in [3.63, 3.8) is 0 Å². The van der Waals surface area contributed by atoms with Crippen molar-refractivity contribution in [2.45, 2.75) is 38.3 Å². The second kappa shape index (κ2) is 7.70. The number of ether oxygens (including phenoxy) is 1. The average molecular weight is 367 g/mol. The molecular weight excluding hydrogens is 342 g/mol. The number of rotatable bonds is 6. The third-order valence-electron chi connectivity index (χ3n) is 4.81. The number of nitrogens with one attached hydrogen (secondary N) is 1. The molecule has 2 unspecified atom stereocenters. The zero-order valence-electron chi connectivity index (χ0n) is 14.5. The molecule has 25 heavy (non-hydrogen) atoms. The molecule has 2 atom stereocenters. The summed E-state index contributed by atoms with van der Waals surface area (Å²) in [5, 5.41) is 2.87. The second-order valence-corrected chi connectivity index (χ2v) is 8.82. The summed E-state index contributed by atoms with van der Waals surface area (Å²) >= 11 is 0. The first-order valence-corrected chi connectivity index (χ1v) is 10.6. The molecule has 0 bridgehead atoms. The van der Waals surface area contributed by atoms with Gasteiger partial charge in [0, 0.05) is 31.9 Å². The van der Waals surface area contributed by atoms with Crippen molar-refractivity contribution in [2.75, 3.05) is 36.1 Å². The lowest BCUT2D eigenvalue weighted by atomic mass is 10.2. The highest BCUT2D eigenvalue weighted by molar-refractivity contribution is 7.91. The number of carbonyl (C=O) groups excluding carboxylic acids is 1. The van der Waals surface area contributed by atoms with Gasteiger partial charge in [-0.25, -0.2) is 13.4 Å². The Kier molecular flexibility index (Phi) is 5.58. The van der Waals surface area contributed by atoms with Crippen LogP contribution >= 0.6 is 0 Å². The Labute approximate surface area is 148 Å². The van der Waals surface area contributed by atoms with Crippen molar-refractivity contribution in [2.24, 2.45) is 0 Å². The van der Waals surface area contributed by atoms with E-state index in [9.17, 15) is 13.2 Å². The van der Waals surface area contributed by atoms with Crippen LogP contribution in [0.1, 0.15) is 36.5 Å². The van der Waals surface area contributed by atoms with E-state index in [4.69, 9.17) is 4.74 Å². The van der Waals surface area contributed by atoms with Crippen LogP contribution in [0.4, 0.5) is 5.82 Å². The molecule has 7 nitrogen and oxygen atoms in total. The predicted molar refractivity (Wildman–Crippen MR) is 95.6 cm³/mol. The van der Waals surface area contributed by atoms with Crippen molar-refractivity contribution < 1.29 is 17.9 Å². The first kappa shape index (κ1) is 18.1. The molecule has 2 aliphatic heterocycles. The predicted octanol–water partition coefficient (Wildman–Crippen LogP) is 1.00. The minimum Gasteiger partial charge on any atom is -0.376 e. The molecule has 0 saturated carbocycles. The van der Waals surface area contributed by atoms with Crippen molar-refractivity contribution in [1.82, 2.24) is 10.3 Å². The molecule has 1 amide bonds. The van der Waals surface area contributed by atoms with E-state index in [1.54, 1.807) is 18.3 Å². The van der Waals surface area contributed by atoms with Crippen molar-refractivity contribution in [3.8, 4) is 0 Å². The summed E-state index contributed by atoms with van der Waals surface area (Å²) in [5.41, 5.74) is 0.497. The fraction of sp³-hybridized carbons (Fsp3) is 0.647. The first-order chi connectivity index (χ1) is 12.0. The third kappa shape index (κ3) is 4.49. The maximum atomic E-state index is 12.2. The Hall–Kier alpha value is -1.67. The summed E-state index contributed by atoms with van der Waals surface area (Å²) in [5.74, 6) is 0.950. The van der Waals surface area contributed by atoms with Gasteiger partial charge in [0.2, 0.25) is 0 Å². The molecule has 0 aromatic carbocycles. The van der Waals surface area contributed by atoms with Crippen LogP contribution in [0.3, 0.4) is 0 Å². The molecule has 3 heterocycles. The number of hydrogen-bond acceptors (Lipinski definition) is 6. The zero-order chi connectivity index (χ0) is 17.9. The average Bonchev–Trinajstić information content (AvgIpc) is 3.23. The summed E-state index contributed by atoms with van der Waals surface area (Å²) < 4.78 is 28.9. The summed E-state index contributed by atoms with van der Waals surface area (Å²) in [7, 11) is -2.94. The standard InChI is InChI=1S/C17H25N3O4S/c1-2-20(14-7-9-25(22,23)12-14)16-6-5-13(10-18-16)17(21)19-11-15-4-3-8-24-15/h5-6,10,14-15H,2-4,7-9,11-12H2,1H3,(H,19,21). The molecule has 1 aromatic heterocycles. The molecule has 1 aromatic rings. The minimum atomic E-state index is -2.94. The van der Waals surface area contributed by atoms with E-state index >= 15 is 0 Å². The lowest BCUT2D eigenvalue weighted by Crippen LogP contribution is -2.37. The van der Waals surface area contributed by atoms with Crippen LogP contribution in [0.2, 0.25) is 0 Å². The molecule has 2 fully saturated rings. The number of anilines is 1. The first-order valence-electron chi connectivity index (χ1n) is 8.81. The van der Waals surface area contributed by atoms with Crippen molar-refractivity contribution in [3.05, 3.63) is 23.9 Å². The van der Waals surface area contributed by atoms with Crippen LogP contribution in [-0.2, 0) is 14.6 Å². The lowest BCUT2D eigenvalue weighted by Gasteiger charge is -2.28. The van der Waals surface area contributed by atoms with Crippen LogP contribution in [0, 0.1) is 0 Å². The topological polar surface area (TPSA) is 88.6 Å². The molecule has 0 spiro atoms. The molecule has 2 saturated heterocycles. The molecule has 3 rings (SSSR count). The molecule has 8 heteroatoms. The van der Waals surface area contributed by atoms with Gasteiger partial charge >= 0.3 is 0 Å². The Bertz CT molecular complexity index is 699. The summed E-state index contributed by atoms with van der Waals surface area (Å²) in [4.78, 5) is 18.6. The lowest BCUT2D eigenvalue weighted by molar-refractivity contribution is 0.0857. The number of sulfone groups is 1. The summed E-state index contributed by atoms with van der Waals surface area (Å²) in [6.07, 6.45) is 4.30. The number of pyridine rings is 1. The Morgan fingerprint density at radius 2 is 2.24 bits per heavy atom. The van der Waals surface area contributed by atoms with Crippen LogP contribution in [0.15, 0.2) is 18.3 Å². The van der Waals surface area contributed by atoms with Gasteiger partial charge in [0.05, 0.1) is 23.2 Å². The highest BCUT2D eigenvalue weighted by atomic mass is 32.2. The van der Waals surface area contributed by atoms with Gasteiger partial charge in [-0.3, -0.25) is 4.79 Å². The van der Waals surface area contributed by atoms with E-state index in [1.165, 1.54) is 0 Å². The largest absolute Gasteiger partial charge is 0.376 e. The Balaban J connectivity index is 1.61. The van der Waals surface area contributed by atoms with E-state index in [-0.39, 0.29) is 29.6 Å². The van der Waals surface area contributed by atoms with E-state index in [1.807, 2.05) is 11.8 Å². The summed E-state index contributed by atoms with van der Waals surface area (Å²) in [6.45, 7) is 3.94. The van der Waals surface area contributed by atoms with Crippen LogP contribution in [0.5, 0.6) is 0 Å². The fourth-order valence-electron chi connectivity index (χ4n) is 3.43. The fourth-order valence-corrected chi connectivity index (χ4v) is 5.16. The normalized spacial score (nSPS) is 25.0. The molecule has 0 radical (unpaired) electrons. The van der Waals surface area contributed by atoms with E-state index < -0.39 is 9.84 Å². The zero-order valence-corrected chi connectivity index (χ0v) is 15.3. The maximum absolute atomic E-state index is 12.2. The van der Waals surface area contributed by atoms with Gasteiger partial charge in [-0.1, -0.05) is 0 Å². The van der Waals surface area contributed by atoms with Crippen LogP contribution < -0.4 is 10.2 Å². The van der Waals surface area contributed by atoms with Crippen molar-refractivity contribution in [1.29, 1.82) is 0 Å². The number of amides is 1. The highest BCUT2D eigenvalue weighted by Gasteiger charge is 2.32. The van der Waals surface area contributed by atoms with Crippen molar-refractivity contribution >= 4 is 21.6 Å². The monoisotopic (exact) mass is 367 g/mol. The number of aromatic nitrogens is 1. The number of carbonyl (C=O) groups is 1. The van der Waals surface area contributed by atoms with Gasteiger partial charge in [0.15, 0.2) is 9.84 Å².